The number of carbonyl (C=O) groups is 1. The number of aliphatic imine (C=N–C) groups is 1. The molecule has 2 N–H and O–H groups in total. The molecule has 0 bridgehead atoms. The van der Waals surface area contributed by atoms with Crippen LogP contribution in [-0.4, -0.2) is 59.7 Å². The summed E-state index contributed by atoms with van der Waals surface area (Å²) in [5.41, 5.74) is 3.60. The number of hydrogen-bond acceptors (Lipinski definition) is 8. The summed E-state index contributed by atoms with van der Waals surface area (Å²) < 4.78 is 30.4. The van der Waals surface area contributed by atoms with Gasteiger partial charge in [-0.05, 0) is 25.8 Å². The Morgan fingerprint density at radius 1 is 1.36 bits per heavy atom. The van der Waals surface area contributed by atoms with Crippen LogP contribution in [0.5, 0.6) is 0 Å². The number of hydrogen-bond donors (Lipinski definition) is 2. The fraction of sp³-hybridized carbons (Fsp3) is 0.667. The smallest absolute Gasteiger partial charge is 0.277 e. The van der Waals surface area contributed by atoms with Crippen molar-refractivity contribution in [1.29, 1.82) is 0 Å². The minimum atomic E-state index is -3.22. The second kappa shape index (κ2) is 7.41. The number of alkyl halides is 2. The maximum absolute atomic E-state index is 15.2. The largest absolute Gasteiger partial charge is 0.335 e. The topological polar surface area (TPSA) is 91.7 Å². The molecule has 0 aromatic carbocycles. The molecule has 1 aromatic heterocycles. The summed E-state index contributed by atoms with van der Waals surface area (Å²) in [5.74, 6) is -3.46. The number of nitrogens with zero attached hydrogens (tertiary/aromatic N) is 4. The lowest BCUT2D eigenvalue weighted by Crippen LogP contribution is -2.62. The molecule has 0 amide bonds. The van der Waals surface area contributed by atoms with Crippen LogP contribution in [0.4, 0.5) is 14.7 Å². The standard InChI is InChI=1S/C18H24F2N6O2/c1-17(4-8-26(11-18(17,19)20)16-22-5-2-6-23-16)15(27)13-9-12-10-21-7-3-14(12)28-25-24-13/h2,5-7,12-14,24-25H,3-4,8-11H2,1H3. The van der Waals surface area contributed by atoms with Crippen molar-refractivity contribution in [2.24, 2.45) is 16.3 Å². The van der Waals surface area contributed by atoms with Crippen LogP contribution in [0.15, 0.2) is 23.5 Å². The second-order valence-electron chi connectivity index (χ2n) is 7.86. The van der Waals surface area contributed by atoms with Gasteiger partial charge >= 0.3 is 0 Å². The third-order valence-electron chi connectivity index (χ3n) is 6.09. The Bertz CT molecular complexity index is 749. The highest BCUT2D eigenvalue weighted by Gasteiger charge is 2.60. The molecule has 10 heteroatoms. The van der Waals surface area contributed by atoms with Crippen LogP contribution in [0, 0.1) is 11.3 Å². The van der Waals surface area contributed by atoms with E-state index in [9.17, 15) is 4.79 Å². The predicted octanol–water partition coefficient (Wildman–Crippen LogP) is 1.15. The number of fused-ring (bicyclic) bond motifs is 1. The average molecular weight is 394 g/mol. The molecule has 0 saturated carbocycles. The van der Waals surface area contributed by atoms with Gasteiger partial charge in [0.1, 0.15) is 0 Å². The minimum Gasteiger partial charge on any atom is -0.335 e. The number of nitrogens with one attached hydrogen (secondary N) is 2. The molecule has 4 heterocycles. The number of aromatic nitrogens is 2. The summed E-state index contributed by atoms with van der Waals surface area (Å²) in [6.45, 7) is 1.59. The minimum absolute atomic E-state index is 0.0106. The van der Waals surface area contributed by atoms with Gasteiger partial charge in [-0.15, -0.1) is 5.59 Å². The molecule has 0 aliphatic carbocycles. The molecule has 4 unspecified atom stereocenters. The lowest BCUT2D eigenvalue weighted by Gasteiger charge is -2.45. The zero-order valence-corrected chi connectivity index (χ0v) is 15.6. The van der Waals surface area contributed by atoms with Crippen molar-refractivity contribution in [2.45, 2.75) is 44.3 Å². The van der Waals surface area contributed by atoms with Crippen LogP contribution in [0.1, 0.15) is 26.2 Å². The highest BCUT2D eigenvalue weighted by molar-refractivity contribution is 5.90. The van der Waals surface area contributed by atoms with Crippen LogP contribution in [0.2, 0.25) is 0 Å². The van der Waals surface area contributed by atoms with Gasteiger partial charge < -0.3 is 4.90 Å². The molecule has 0 spiro atoms. The quantitative estimate of drug-likeness (QED) is 0.795. The predicted molar refractivity (Wildman–Crippen MR) is 97.9 cm³/mol. The lowest BCUT2D eigenvalue weighted by molar-refractivity contribution is -0.163. The summed E-state index contributed by atoms with van der Waals surface area (Å²) in [4.78, 5) is 32.5. The Balaban J connectivity index is 1.51. The van der Waals surface area contributed by atoms with Crippen molar-refractivity contribution in [2.75, 3.05) is 24.5 Å². The van der Waals surface area contributed by atoms with E-state index in [2.05, 4.69) is 26.0 Å². The maximum Gasteiger partial charge on any atom is 0.277 e. The molecular weight excluding hydrogens is 370 g/mol. The highest BCUT2D eigenvalue weighted by atomic mass is 19.3. The van der Waals surface area contributed by atoms with Gasteiger partial charge in [0.2, 0.25) is 5.95 Å². The molecule has 0 radical (unpaired) electrons. The number of piperidine rings is 1. The first kappa shape index (κ1) is 19.3. The fourth-order valence-electron chi connectivity index (χ4n) is 4.13. The van der Waals surface area contributed by atoms with Gasteiger partial charge in [-0.1, -0.05) is 0 Å². The average Bonchev–Trinajstić information content (AvgIpc) is 2.92. The summed E-state index contributed by atoms with van der Waals surface area (Å²) in [7, 11) is 0. The Labute approximate surface area is 161 Å². The summed E-state index contributed by atoms with van der Waals surface area (Å²) in [6.07, 6.45) is 5.77. The molecule has 3 aliphatic rings. The van der Waals surface area contributed by atoms with Crippen molar-refractivity contribution in [1.82, 2.24) is 21.0 Å². The van der Waals surface area contributed by atoms with E-state index >= 15 is 8.78 Å². The third kappa shape index (κ3) is 3.40. The molecule has 152 valence electrons. The molecule has 3 aliphatic heterocycles. The molecule has 28 heavy (non-hydrogen) atoms. The van der Waals surface area contributed by atoms with Gasteiger partial charge in [-0.25, -0.2) is 24.2 Å². The molecule has 8 nitrogen and oxygen atoms in total. The van der Waals surface area contributed by atoms with Crippen LogP contribution in [0.25, 0.3) is 0 Å². The van der Waals surface area contributed by atoms with Crippen molar-refractivity contribution in [3.63, 3.8) is 0 Å². The number of carbonyl (C=O) groups excluding carboxylic acids is 1. The number of anilines is 1. The van der Waals surface area contributed by atoms with Crippen LogP contribution in [-0.2, 0) is 9.63 Å². The fourth-order valence-corrected chi connectivity index (χ4v) is 4.13. The van der Waals surface area contributed by atoms with Crippen LogP contribution in [0.3, 0.4) is 0 Å². The van der Waals surface area contributed by atoms with Crippen LogP contribution >= 0.6 is 0 Å². The zero-order chi connectivity index (χ0) is 19.8. The molecule has 4 atom stereocenters. The normalized spacial score (nSPS) is 35.1. The molecule has 4 rings (SSSR count). The van der Waals surface area contributed by atoms with Crippen molar-refractivity contribution in [3.8, 4) is 0 Å². The third-order valence-corrected chi connectivity index (χ3v) is 6.09. The zero-order valence-electron chi connectivity index (χ0n) is 15.6. The van der Waals surface area contributed by atoms with Gasteiger partial charge in [0.05, 0.1) is 24.1 Å². The monoisotopic (exact) mass is 394 g/mol. The first-order chi connectivity index (χ1) is 13.4. The van der Waals surface area contributed by atoms with Crippen molar-refractivity contribution < 1.29 is 18.4 Å². The van der Waals surface area contributed by atoms with E-state index in [1.54, 1.807) is 12.3 Å². The second-order valence-corrected chi connectivity index (χ2v) is 7.86. The maximum atomic E-state index is 15.2. The molecular formula is C18H24F2N6O2. The van der Waals surface area contributed by atoms with Gasteiger partial charge in [-0.3, -0.25) is 14.6 Å². The van der Waals surface area contributed by atoms with E-state index < -0.39 is 29.7 Å². The number of hydrazine groups is 1. The first-order valence-corrected chi connectivity index (χ1v) is 9.49. The van der Waals surface area contributed by atoms with E-state index in [0.29, 0.717) is 19.4 Å². The van der Waals surface area contributed by atoms with Gasteiger partial charge in [0.15, 0.2) is 5.78 Å². The SMILES string of the molecule is CC1(C(=O)C2CC3CN=CCC3ONN2)CCN(c2ncccn2)CC1(F)F. The summed E-state index contributed by atoms with van der Waals surface area (Å²) in [6, 6.07) is 0.868. The Hall–Kier alpha value is -2.04. The van der Waals surface area contributed by atoms with Crippen LogP contribution < -0.4 is 15.9 Å². The Kier molecular flexibility index (Phi) is 5.11. The van der Waals surface area contributed by atoms with E-state index in [0.717, 1.165) is 0 Å². The van der Waals surface area contributed by atoms with E-state index in [-0.39, 0.29) is 30.9 Å². The van der Waals surface area contributed by atoms with Gasteiger partial charge in [0, 0.05) is 44.0 Å². The van der Waals surface area contributed by atoms with Crippen molar-refractivity contribution in [3.05, 3.63) is 18.5 Å². The van der Waals surface area contributed by atoms with E-state index in [4.69, 9.17) is 4.84 Å². The number of rotatable bonds is 3. The number of Topliss-reactive ketones (excluding diaryl/α,β-unsaturated/α-hetero) is 1. The summed E-state index contributed by atoms with van der Waals surface area (Å²) >= 11 is 0. The number of halogens is 2. The lowest BCUT2D eigenvalue weighted by atomic mass is 9.70. The van der Waals surface area contributed by atoms with E-state index in [1.165, 1.54) is 24.2 Å². The number of ketones is 1. The molecule has 1 aromatic rings. The van der Waals surface area contributed by atoms with Gasteiger partial charge in [-0.2, -0.15) is 0 Å². The van der Waals surface area contributed by atoms with E-state index in [1.807, 2.05) is 0 Å². The Morgan fingerprint density at radius 2 is 2.14 bits per heavy atom. The van der Waals surface area contributed by atoms with Gasteiger partial charge in [0.25, 0.3) is 5.92 Å². The van der Waals surface area contributed by atoms with Crippen molar-refractivity contribution >= 4 is 17.9 Å². The molecule has 2 fully saturated rings. The summed E-state index contributed by atoms with van der Waals surface area (Å²) in [5, 5.41) is 0. The molecule has 2 saturated heterocycles. The Morgan fingerprint density at radius 3 is 2.89 bits per heavy atom. The first-order valence-electron chi connectivity index (χ1n) is 9.49. The highest BCUT2D eigenvalue weighted by Crippen LogP contribution is 2.46.